The molecule has 1 rings (SSSR count). The molecular weight excluding hydrogens is 274 g/mol. The molecule has 0 aliphatic rings. The number of esters is 1. The molecule has 0 bridgehead atoms. The van der Waals surface area contributed by atoms with Crippen molar-refractivity contribution in [2.24, 2.45) is 0 Å². The maximum Gasteiger partial charge on any atom is 0.310 e. The first-order valence-electron chi connectivity index (χ1n) is 4.37. The van der Waals surface area contributed by atoms with Crippen molar-refractivity contribution < 1.29 is 14.6 Å². The first-order valence-corrected chi connectivity index (χ1v) is 5.50. The molecule has 0 radical (unpaired) electrons. The Kier molecular flexibility index (Phi) is 4.71. The summed E-state index contributed by atoms with van der Waals surface area (Å²) in [7, 11) is 0. The minimum atomic E-state index is -1.60. The number of hydrogen-bond acceptors (Lipinski definition) is 3. The minimum Gasteiger partial charge on any atom is -0.508 e. The van der Waals surface area contributed by atoms with E-state index in [4.69, 9.17) is 44.6 Å². The van der Waals surface area contributed by atoms with Gasteiger partial charge in [0.1, 0.15) is 12.4 Å². The highest BCUT2D eigenvalue weighted by Crippen LogP contribution is 2.26. The Labute approximate surface area is 108 Å². The van der Waals surface area contributed by atoms with Crippen LogP contribution in [0.1, 0.15) is 5.56 Å². The summed E-state index contributed by atoms with van der Waals surface area (Å²) in [5.74, 6) is -0.427. The number of carbonyl (C=O) groups excluding carboxylic acids is 1. The molecule has 0 aliphatic heterocycles. The van der Waals surface area contributed by atoms with Gasteiger partial charge in [-0.3, -0.25) is 4.79 Å². The molecular formula is C10H9Cl3O3. The summed E-state index contributed by atoms with van der Waals surface area (Å²) in [6.07, 6.45) is 0.0230. The molecule has 0 atom stereocenters. The van der Waals surface area contributed by atoms with E-state index in [1.54, 1.807) is 12.1 Å². The van der Waals surface area contributed by atoms with Crippen LogP contribution in [0.3, 0.4) is 0 Å². The largest absolute Gasteiger partial charge is 0.508 e. The molecule has 1 aromatic carbocycles. The smallest absolute Gasteiger partial charge is 0.310 e. The van der Waals surface area contributed by atoms with E-state index in [9.17, 15) is 4.79 Å². The van der Waals surface area contributed by atoms with Crippen molar-refractivity contribution in [3.05, 3.63) is 29.8 Å². The lowest BCUT2D eigenvalue weighted by Crippen LogP contribution is -2.18. The van der Waals surface area contributed by atoms with Gasteiger partial charge in [-0.15, -0.1) is 0 Å². The predicted octanol–water partition coefficient (Wildman–Crippen LogP) is 2.85. The minimum absolute atomic E-state index is 0.0230. The van der Waals surface area contributed by atoms with Gasteiger partial charge in [0.15, 0.2) is 0 Å². The van der Waals surface area contributed by atoms with Gasteiger partial charge in [0, 0.05) is 0 Å². The van der Waals surface area contributed by atoms with Gasteiger partial charge < -0.3 is 9.84 Å². The SMILES string of the molecule is O=C(Cc1cccc(O)c1)OCC(Cl)(Cl)Cl. The van der Waals surface area contributed by atoms with Crippen LogP contribution in [0.4, 0.5) is 0 Å². The summed E-state index contributed by atoms with van der Waals surface area (Å²) in [5, 5.41) is 9.17. The van der Waals surface area contributed by atoms with Gasteiger partial charge in [0.25, 0.3) is 0 Å². The van der Waals surface area contributed by atoms with Gasteiger partial charge in [-0.2, -0.15) is 0 Å². The molecule has 0 saturated heterocycles. The van der Waals surface area contributed by atoms with Crippen LogP contribution in [0.25, 0.3) is 0 Å². The summed E-state index contributed by atoms with van der Waals surface area (Å²) in [5.41, 5.74) is 0.634. The number of ether oxygens (including phenoxy) is 1. The van der Waals surface area contributed by atoms with Crippen LogP contribution < -0.4 is 0 Å². The summed E-state index contributed by atoms with van der Waals surface area (Å²) in [4.78, 5) is 11.3. The van der Waals surface area contributed by atoms with Crippen molar-refractivity contribution in [3.8, 4) is 5.75 Å². The molecule has 0 unspecified atom stereocenters. The lowest BCUT2D eigenvalue weighted by molar-refractivity contribution is -0.142. The van der Waals surface area contributed by atoms with Crippen LogP contribution >= 0.6 is 34.8 Å². The normalized spacial score (nSPS) is 11.2. The van der Waals surface area contributed by atoms with Crippen LogP contribution in [0.2, 0.25) is 0 Å². The van der Waals surface area contributed by atoms with Crippen LogP contribution in [0.15, 0.2) is 24.3 Å². The number of halogens is 3. The molecule has 1 aromatic rings. The summed E-state index contributed by atoms with van der Waals surface area (Å²) in [6, 6.07) is 6.30. The van der Waals surface area contributed by atoms with Crippen LogP contribution in [0.5, 0.6) is 5.75 Å². The Morgan fingerprint density at radius 3 is 2.62 bits per heavy atom. The fourth-order valence-electron chi connectivity index (χ4n) is 1.05. The van der Waals surface area contributed by atoms with Gasteiger partial charge in [0.05, 0.1) is 6.42 Å². The Morgan fingerprint density at radius 1 is 1.38 bits per heavy atom. The van der Waals surface area contributed by atoms with Crippen molar-refractivity contribution in [2.45, 2.75) is 10.2 Å². The topological polar surface area (TPSA) is 46.5 Å². The second kappa shape index (κ2) is 5.62. The molecule has 88 valence electrons. The van der Waals surface area contributed by atoms with Gasteiger partial charge >= 0.3 is 5.97 Å². The molecule has 1 N–H and O–H groups in total. The van der Waals surface area contributed by atoms with Crippen molar-refractivity contribution in [1.29, 1.82) is 0 Å². The number of phenolic OH excluding ortho intramolecular Hbond substituents is 1. The van der Waals surface area contributed by atoms with Crippen LogP contribution in [-0.2, 0) is 16.0 Å². The predicted molar refractivity (Wildman–Crippen MR) is 63.1 cm³/mol. The van der Waals surface area contributed by atoms with Gasteiger partial charge in [-0.1, -0.05) is 46.9 Å². The molecule has 0 aromatic heterocycles. The van der Waals surface area contributed by atoms with E-state index in [1.807, 2.05) is 0 Å². The number of phenols is 1. The van der Waals surface area contributed by atoms with E-state index in [-0.39, 0.29) is 18.8 Å². The Bertz CT molecular complexity index is 374. The first kappa shape index (κ1) is 13.4. The quantitative estimate of drug-likeness (QED) is 0.685. The Balaban J connectivity index is 2.46. The zero-order valence-electron chi connectivity index (χ0n) is 8.12. The van der Waals surface area contributed by atoms with Gasteiger partial charge in [0.2, 0.25) is 3.79 Å². The Hall–Kier alpha value is -0.640. The third kappa shape index (κ3) is 5.45. The standard InChI is InChI=1S/C10H9Cl3O3/c11-10(12,13)6-16-9(15)5-7-2-1-3-8(14)4-7/h1-4,14H,5-6H2. The summed E-state index contributed by atoms with van der Waals surface area (Å²) < 4.78 is 3.13. The zero-order chi connectivity index (χ0) is 12.2. The first-order chi connectivity index (χ1) is 7.37. The van der Waals surface area contributed by atoms with Crippen molar-refractivity contribution in [3.63, 3.8) is 0 Å². The average molecular weight is 284 g/mol. The summed E-state index contributed by atoms with van der Waals surface area (Å²) >= 11 is 16.3. The van der Waals surface area contributed by atoms with Crippen molar-refractivity contribution >= 4 is 40.8 Å². The molecule has 6 heteroatoms. The fourth-order valence-corrected chi connectivity index (χ4v) is 1.21. The average Bonchev–Trinajstić information content (AvgIpc) is 2.14. The molecule has 0 aliphatic carbocycles. The highest BCUT2D eigenvalue weighted by atomic mass is 35.6. The lowest BCUT2D eigenvalue weighted by Gasteiger charge is -2.11. The van der Waals surface area contributed by atoms with E-state index in [0.717, 1.165) is 0 Å². The number of benzene rings is 1. The molecule has 0 heterocycles. The zero-order valence-corrected chi connectivity index (χ0v) is 10.4. The van der Waals surface area contributed by atoms with E-state index in [1.165, 1.54) is 12.1 Å². The number of aromatic hydroxyl groups is 1. The van der Waals surface area contributed by atoms with Gasteiger partial charge in [-0.25, -0.2) is 0 Å². The molecule has 0 saturated carbocycles. The van der Waals surface area contributed by atoms with E-state index in [0.29, 0.717) is 5.56 Å². The molecule has 0 amide bonds. The number of alkyl halides is 3. The highest BCUT2D eigenvalue weighted by Gasteiger charge is 2.22. The molecule has 0 spiro atoms. The highest BCUT2D eigenvalue weighted by molar-refractivity contribution is 6.67. The second-order valence-corrected chi connectivity index (χ2v) is 5.64. The van der Waals surface area contributed by atoms with Crippen LogP contribution in [0, 0.1) is 0 Å². The lowest BCUT2D eigenvalue weighted by atomic mass is 10.1. The fraction of sp³-hybridized carbons (Fsp3) is 0.300. The summed E-state index contributed by atoms with van der Waals surface area (Å²) in [6.45, 7) is -0.296. The Morgan fingerprint density at radius 2 is 2.06 bits per heavy atom. The maximum absolute atomic E-state index is 11.3. The number of carbonyl (C=O) groups is 1. The van der Waals surface area contributed by atoms with Crippen LogP contribution in [-0.4, -0.2) is 21.5 Å². The maximum atomic E-state index is 11.3. The molecule has 0 fully saturated rings. The van der Waals surface area contributed by atoms with Gasteiger partial charge in [-0.05, 0) is 17.7 Å². The van der Waals surface area contributed by atoms with E-state index < -0.39 is 9.76 Å². The number of hydrogen-bond donors (Lipinski definition) is 1. The number of rotatable bonds is 3. The molecule has 3 nitrogen and oxygen atoms in total. The molecule has 16 heavy (non-hydrogen) atoms. The van der Waals surface area contributed by atoms with Crippen molar-refractivity contribution in [1.82, 2.24) is 0 Å². The third-order valence-corrected chi connectivity index (χ3v) is 1.98. The monoisotopic (exact) mass is 282 g/mol. The second-order valence-electron chi connectivity index (χ2n) is 3.12. The van der Waals surface area contributed by atoms with E-state index in [2.05, 4.69) is 0 Å². The van der Waals surface area contributed by atoms with E-state index >= 15 is 0 Å². The third-order valence-electron chi connectivity index (χ3n) is 1.66. The van der Waals surface area contributed by atoms with Crippen molar-refractivity contribution in [2.75, 3.05) is 6.61 Å².